The van der Waals surface area contributed by atoms with Crippen molar-refractivity contribution in [3.63, 3.8) is 0 Å². The molecule has 0 aromatic carbocycles. The van der Waals surface area contributed by atoms with E-state index in [-0.39, 0.29) is 11.9 Å². The Kier molecular flexibility index (Phi) is 4.73. The fourth-order valence-corrected chi connectivity index (χ4v) is 2.00. The zero-order valence-corrected chi connectivity index (χ0v) is 10.4. The second-order valence-electron chi connectivity index (χ2n) is 3.59. The first kappa shape index (κ1) is 13.0. The summed E-state index contributed by atoms with van der Waals surface area (Å²) in [5, 5.41) is 0. The SMILES string of the molecule is CSCC(C)N(C)C(=O)c1ccnc(F)c1. The molecule has 1 rings (SSSR count). The van der Waals surface area contributed by atoms with Crippen LogP contribution in [0.4, 0.5) is 4.39 Å². The third kappa shape index (κ3) is 3.20. The van der Waals surface area contributed by atoms with Gasteiger partial charge in [-0.05, 0) is 19.2 Å². The molecule has 1 atom stereocenters. The molecular formula is C11H15FN2OS. The minimum atomic E-state index is -0.628. The van der Waals surface area contributed by atoms with Crippen molar-refractivity contribution < 1.29 is 9.18 Å². The standard InChI is InChI=1S/C11H15FN2OS/c1-8(7-16-3)14(2)11(15)9-4-5-13-10(12)6-9/h4-6,8H,7H2,1-3H3. The van der Waals surface area contributed by atoms with E-state index in [2.05, 4.69) is 4.98 Å². The summed E-state index contributed by atoms with van der Waals surface area (Å²) in [6.07, 6.45) is 3.29. The van der Waals surface area contributed by atoms with Gasteiger partial charge in [0.25, 0.3) is 5.91 Å². The first-order chi connectivity index (χ1) is 7.56. The minimum absolute atomic E-state index is 0.124. The first-order valence-corrected chi connectivity index (χ1v) is 6.33. The van der Waals surface area contributed by atoms with Crippen LogP contribution in [0.1, 0.15) is 17.3 Å². The molecule has 88 valence electrons. The molecule has 5 heteroatoms. The van der Waals surface area contributed by atoms with Crippen LogP contribution in [-0.2, 0) is 0 Å². The first-order valence-electron chi connectivity index (χ1n) is 4.94. The quantitative estimate of drug-likeness (QED) is 0.758. The maximum atomic E-state index is 12.9. The topological polar surface area (TPSA) is 33.2 Å². The average molecular weight is 242 g/mol. The van der Waals surface area contributed by atoms with Crippen molar-refractivity contribution in [2.24, 2.45) is 0 Å². The fourth-order valence-electron chi connectivity index (χ4n) is 1.29. The van der Waals surface area contributed by atoms with Crippen molar-refractivity contribution in [1.29, 1.82) is 0 Å². The molecule has 1 unspecified atom stereocenters. The molecule has 0 aliphatic heterocycles. The van der Waals surface area contributed by atoms with Crippen LogP contribution >= 0.6 is 11.8 Å². The fraction of sp³-hybridized carbons (Fsp3) is 0.455. The number of carbonyl (C=O) groups excluding carboxylic acids is 1. The number of thioether (sulfide) groups is 1. The summed E-state index contributed by atoms with van der Waals surface area (Å²) in [5.41, 5.74) is 0.336. The molecule has 0 radical (unpaired) electrons. The molecule has 1 heterocycles. The van der Waals surface area contributed by atoms with Gasteiger partial charge in [-0.15, -0.1) is 0 Å². The Labute approximate surface area is 99.1 Å². The molecule has 16 heavy (non-hydrogen) atoms. The zero-order chi connectivity index (χ0) is 12.1. The number of pyridine rings is 1. The van der Waals surface area contributed by atoms with Gasteiger partial charge in [-0.1, -0.05) is 0 Å². The Bertz CT molecular complexity index is 373. The second kappa shape index (κ2) is 5.84. The minimum Gasteiger partial charge on any atom is -0.338 e. The number of amides is 1. The number of aromatic nitrogens is 1. The molecular weight excluding hydrogens is 227 g/mol. The van der Waals surface area contributed by atoms with Gasteiger partial charge in [-0.25, -0.2) is 4.98 Å². The predicted octanol–water partition coefficient (Wildman–Crippen LogP) is 2.04. The molecule has 0 N–H and O–H groups in total. The Morgan fingerprint density at radius 3 is 2.94 bits per heavy atom. The second-order valence-corrected chi connectivity index (χ2v) is 4.50. The lowest BCUT2D eigenvalue weighted by Crippen LogP contribution is -2.36. The van der Waals surface area contributed by atoms with Gasteiger partial charge in [-0.2, -0.15) is 16.2 Å². The highest BCUT2D eigenvalue weighted by Gasteiger charge is 2.17. The van der Waals surface area contributed by atoms with Crippen molar-refractivity contribution in [2.75, 3.05) is 19.1 Å². The molecule has 0 aliphatic carbocycles. The Morgan fingerprint density at radius 1 is 1.69 bits per heavy atom. The molecule has 0 bridgehead atoms. The van der Waals surface area contributed by atoms with Gasteiger partial charge in [0.1, 0.15) is 0 Å². The van der Waals surface area contributed by atoms with Crippen molar-refractivity contribution in [3.8, 4) is 0 Å². The summed E-state index contributed by atoms with van der Waals surface area (Å²) in [6.45, 7) is 1.96. The van der Waals surface area contributed by atoms with E-state index in [0.29, 0.717) is 5.56 Å². The molecule has 0 spiro atoms. The molecule has 1 amide bonds. The van der Waals surface area contributed by atoms with Gasteiger partial charge >= 0.3 is 0 Å². The predicted molar refractivity (Wildman–Crippen MR) is 64.1 cm³/mol. The van der Waals surface area contributed by atoms with Crippen LogP contribution in [0, 0.1) is 5.95 Å². The van der Waals surface area contributed by atoms with E-state index >= 15 is 0 Å². The van der Waals surface area contributed by atoms with Gasteiger partial charge in [0.15, 0.2) is 0 Å². The van der Waals surface area contributed by atoms with E-state index in [9.17, 15) is 9.18 Å². The summed E-state index contributed by atoms with van der Waals surface area (Å²) in [7, 11) is 1.72. The van der Waals surface area contributed by atoms with Gasteiger partial charge < -0.3 is 4.90 Å². The molecule has 0 saturated heterocycles. The lowest BCUT2D eigenvalue weighted by atomic mass is 10.2. The molecule has 0 aliphatic rings. The van der Waals surface area contributed by atoms with Gasteiger partial charge in [0.05, 0.1) is 0 Å². The largest absolute Gasteiger partial charge is 0.338 e. The Morgan fingerprint density at radius 2 is 2.38 bits per heavy atom. The van der Waals surface area contributed by atoms with Crippen molar-refractivity contribution >= 4 is 17.7 Å². The smallest absolute Gasteiger partial charge is 0.254 e. The van der Waals surface area contributed by atoms with Gasteiger partial charge in [0.2, 0.25) is 5.95 Å². The van der Waals surface area contributed by atoms with Gasteiger partial charge in [-0.3, -0.25) is 4.79 Å². The highest BCUT2D eigenvalue weighted by Crippen LogP contribution is 2.09. The van der Waals surface area contributed by atoms with Crippen LogP contribution in [0.5, 0.6) is 0 Å². The highest BCUT2D eigenvalue weighted by atomic mass is 32.2. The summed E-state index contributed by atoms with van der Waals surface area (Å²) >= 11 is 1.67. The lowest BCUT2D eigenvalue weighted by molar-refractivity contribution is 0.0757. The van der Waals surface area contributed by atoms with Crippen LogP contribution in [0.15, 0.2) is 18.3 Å². The third-order valence-electron chi connectivity index (χ3n) is 2.36. The highest BCUT2D eigenvalue weighted by molar-refractivity contribution is 7.98. The number of hydrogen-bond donors (Lipinski definition) is 0. The van der Waals surface area contributed by atoms with Crippen molar-refractivity contribution in [2.45, 2.75) is 13.0 Å². The maximum Gasteiger partial charge on any atom is 0.254 e. The normalized spacial score (nSPS) is 12.2. The number of nitrogens with zero attached hydrogens (tertiary/aromatic N) is 2. The number of rotatable bonds is 4. The lowest BCUT2D eigenvalue weighted by Gasteiger charge is -2.24. The van der Waals surface area contributed by atoms with Crippen LogP contribution in [-0.4, -0.2) is 40.9 Å². The number of halogens is 1. The van der Waals surface area contributed by atoms with Crippen LogP contribution in [0.25, 0.3) is 0 Å². The van der Waals surface area contributed by atoms with E-state index in [1.165, 1.54) is 12.3 Å². The molecule has 1 aromatic heterocycles. The summed E-state index contributed by atoms with van der Waals surface area (Å²) in [5.74, 6) is 0.0510. The van der Waals surface area contributed by atoms with Crippen LogP contribution in [0.2, 0.25) is 0 Å². The monoisotopic (exact) mass is 242 g/mol. The van der Waals surface area contributed by atoms with Gasteiger partial charge in [0, 0.05) is 36.7 Å². The van der Waals surface area contributed by atoms with E-state index < -0.39 is 5.95 Å². The summed E-state index contributed by atoms with van der Waals surface area (Å²) < 4.78 is 12.9. The Hall–Kier alpha value is -1.10. The van der Waals surface area contributed by atoms with E-state index in [1.807, 2.05) is 13.2 Å². The van der Waals surface area contributed by atoms with Crippen molar-refractivity contribution in [3.05, 3.63) is 29.8 Å². The molecule has 0 saturated carbocycles. The third-order valence-corrected chi connectivity index (χ3v) is 3.18. The number of carbonyl (C=O) groups is 1. The summed E-state index contributed by atoms with van der Waals surface area (Å²) in [6, 6.07) is 2.80. The zero-order valence-electron chi connectivity index (χ0n) is 9.61. The molecule has 0 fully saturated rings. The molecule has 1 aromatic rings. The van der Waals surface area contributed by atoms with E-state index in [1.54, 1.807) is 23.7 Å². The van der Waals surface area contributed by atoms with Crippen molar-refractivity contribution in [1.82, 2.24) is 9.88 Å². The molecule has 3 nitrogen and oxygen atoms in total. The van der Waals surface area contributed by atoms with E-state index in [0.717, 1.165) is 11.8 Å². The van der Waals surface area contributed by atoms with Crippen LogP contribution in [0.3, 0.4) is 0 Å². The Balaban J connectivity index is 2.77. The maximum absolute atomic E-state index is 12.9. The van der Waals surface area contributed by atoms with Crippen LogP contribution < -0.4 is 0 Å². The number of hydrogen-bond acceptors (Lipinski definition) is 3. The summed E-state index contributed by atoms with van der Waals surface area (Å²) in [4.78, 5) is 17.0. The van der Waals surface area contributed by atoms with E-state index in [4.69, 9.17) is 0 Å². The average Bonchev–Trinajstić information content (AvgIpc) is 2.27.